The molecular weight excluding hydrogens is 745 g/mol. The molecule has 0 aromatic rings. The van der Waals surface area contributed by atoms with Crippen LogP contribution in [0.15, 0.2) is 60.8 Å². The van der Waals surface area contributed by atoms with E-state index in [1.807, 2.05) is 0 Å². The van der Waals surface area contributed by atoms with Crippen molar-refractivity contribution in [2.75, 3.05) is 13.2 Å². The van der Waals surface area contributed by atoms with Gasteiger partial charge in [0.1, 0.15) is 13.2 Å². The van der Waals surface area contributed by atoms with E-state index >= 15 is 0 Å². The maximum atomic E-state index is 12.7. The topological polar surface area (TPSA) is 78.9 Å². The molecule has 0 aromatic heterocycles. The zero-order valence-electron chi connectivity index (χ0n) is 39.5. The van der Waals surface area contributed by atoms with E-state index in [1.54, 1.807) is 0 Å². The Hall–Kier alpha value is -2.89. The number of carbonyl (C=O) groups is 3. The van der Waals surface area contributed by atoms with E-state index in [2.05, 4.69) is 81.5 Å². The van der Waals surface area contributed by atoms with Gasteiger partial charge in [-0.2, -0.15) is 0 Å². The quantitative estimate of drug-likeness (QED) is 0.0200. The first kappa shape index (κ1) is 57.1. The highest BCUT2D eigenvalue weighted by Crippen LogP contribution is 2.13. The molecule has 0 fully saturated rings. The Morgan fingerprint density at radius 2 is 0.617 bits per heavy atom. The Labute approximate surface area is 370 Å². The summed E-state index contributed by atoms with van der Waals surface area (Å²) in [6.07, 6.45) is 59.1. The summed E-state index contributed by atoms with van der Waals surface area (Å²) in [7, 11) is 0. The van der Waals surface area contributed by atoms with E-state index in [4.69, 9.17) is 14.2 Å². The Morgan fingerprint density at radius 3 is 1.00 bits per heavy atom. The number of allylic oxidation sites excluding steroid dienone is 10. The number of ether oxygens (including phenoxy) is 3. The van der Waals surface area contributed by atoms with Crippen molar-refractivity contribution >= 4 is 17.9 Å². The zero-order chi connectivity index (χ0) is 43.7. The summed E-state index contributed by atoms with van der Waals surface area (Å²) in [6.45, 7) is 6.54. The van der Waals surface area contributed by atoms with Crippen LogP contribution in [-0.2, 0) is 28.6 Å². The minimum Gasteiger partial charge on any atom is -0.462 e. The molecular formula is C54H94O6. The van der Waals surface area contributed by atoms with E-state index in [0.29, 0.717) is 19.3 Å². The molecule has 6 heteroatoms. The number of hydrogen-bond donors (Lipinski definition) is 0. The van der Waals surface area contributed by atoms with Crippen LogP contribution in [0.2, 0.25) is 0 Å². The molecule has 0 amide bonds. The monoisotopic (exact) mass is 839 g/mol. The lowest BCUT2D eigenvalue weighted by molar-refractivity contribution is -0.167. The van der Waals surface area contributed by atoms with Gasteiger partial charge in [-0.15, -0.1) is 0 Å². The molecule has 0 aliphatic heterocycles. The van der Waals surface area contributed by atoms with Gasteiger partial charge >= 0.3 is 17.9 Å². The number of hydrogen-bond acceptors (Lipinski definition) is 6. The molecule has 0 aromatic carbocycles. The fourth-order valence-corrected chi connectivity index (χ4v) is 6.90. The maximum Gasteiger partial charge on any atom is 0.306 e. The number of esters is 3. The molecule has 0 saturated carbocycles. The van der Waals surface area contributed by atoms with Crippen LogP contribution in [0, 0.1) is 0 Å². The highest BCUT2D eigenvalue weighted by molar-refractivity contribution is 5.71. The SMILES string of the molecule is CCCCC/C=C\CCCCCCCC(=O)OCC(COC(=O)CCCCCCC\C=C/C=C\C=C/CCCCCCC)OC(=O)CCCCCCC/C=C\CCCCC. The standard InChI is InChI=1S/C54H94O6/c1-4-7-10-13-16-19-22-25-26-27-28-29-30-33-35-38-41-44-47-53(56)59-50-51(60-54(57)48-45-42-39-36-32-24-21-18-15-12-9-6-3)49-58-52(55)46-43-40-37-34-31-23-20-17-14-11-8-5-2/h17-18,20-22,25-29,51H,4-16,19,23-24,30-50H2,1-3H3/b20-17-,21-18-,25-22-,27-26-,29-28-. The average molecular weight is 839 g/mol. The molecule has 0 N–H and O–H groups in total. The summed E-state index contributed by atoms with van der Waals surface area (Å²) in [5.41, 5.74) is 0. The summed E-state index contributed by atoms with van der Waals surface area (Å²) >= 11 is 0. The van der Waals surface area contributed by atoms with Crippen molar-refractivity contribution in [2.24, 2.45) is 0 Å². The summed E-state index contributed by atoms with van der Waals surface area (Å²) in [4.78, 5) is 37.9. The van der Waals surface area contributed by atoms with Gasteiger partial charge in [0.25, 0.3) is 0 Å². The van der Waals surface area contributed by atoms with E-state index < -0.39 is 6.10 Å². The predicted molar refractivity (Wildman–Crippen MR) is 256 cm³/mol. The lowest BCUT2D eigenvalue weighted by Gasteiger charge is -2.18. The zero-order valence-corrected chi connectivity index (χ0v) is 39.5. The lowest BCUT2D eigenvalue weighted by atomic mass is 10.1. The van der Waals surface area contributed by atoms with Gasteiger partial charge in [0.2, 0.25) is 0 Å². The van der Waals surface area contributed by atoms with Crippen LogP contribution < -0.4 is 0 Å². The molecule has 346 valence electrons. The van der Waals surface area contributed by atoms with Gasteiger partial charge in [0.15, 0.2) is 6.10 Å². The minimum absolute atomic E-state index is 0.0888. The van der Waals surface area contributed by atoms with E-state index in [1.165, 1.54) is 109 Å². The van der Waals surface area contributed by atoms with Crippen LogP contribution in [-0.4, -0.2) is 37.2 Å². The molecule has 0 heterocycles. The van der Waals surface area contributed by atoms with Crippen molar-refractivity contribution in [3.63, 3.8) is 0 Å². The van der Waals surface area contributed by atoms with Crippen molar-refractivity contribution in [1.29, 1.82) is 0 Å². The molecule has 1 unspecified atom stereocenters. The first-order chi connectivity index (χ1) is 29.5. The first-order valence-electron chi connectivity index (χ1n) is 25.3. The number of unbranched alkanes of at least 4 members (excludes halogenated alkanes) is 26. The smallest absolute Gasteiger partial charge is 0.306 e. The van der Waals surface area contributed by atoms with E-state index in [-0.39, 0.29) is 31.1 Å². The van der Waals surface area contributed by atoms with Gasteiger partial charge in [-0.3, -0.25) is 14.4 Å². The molecule has 0 rings (SSSR count). The highest BCUT2D eigenvalue weighted by atomic mass is 16.6. The van der Waals surface area contributed by atoms with Crippen LogP contribution >= 0.6 is 0 Å². The van der Waals surface area contributed by atoms with E-state index in [0.717, 1.165) is 96.3 Å². The largest absolute Gasteiger partial charge is 0.462 e. The lowest BCUT2D eigenvalue weighted by Crippen LogP contribution is -2.30. The van der Waals surface area contributed by atoms with Crippen LogP contribution in [0.5, 0.6) is 0 Å². The van der Waals surface area contributed by atoms with Gasteiger partial charge in [0.05, 0.1) is 0 Å². The third-order valence-electron chi connectivity index (χ3n) is 10.8. The molecule has 6 nitrogen and oxygen atoms in total. The molecule has 0 spiro atoms. The Kier molecular flexibility index (Phi) is 46.4. The van der Waals surface area contributed by atoms with Crippen molar-refractivity contribution in [1.82, 2.24) is 0 Å². The van der Waals surface area contributed by atoms with Crippen molar-refractivity contribution < 1.29 is 28.6 Å². The molecule has 60 heavy (non-hydrogen) atoms. The molecule has 1 atom stereocenters. The average Bonchev–Trinajstić information content (AvgIpc) is 3.24. The Balaban J connectivity index is 4.41. The van der Waals surface area contributed by atoms with Crippen molar-refractivity contribution in [2.45, 2.75) is 252 Å². The molecule has 0 bridgehead atoms. The normalized spacial score (nSPS) is 12.5. The Morgan fingerprint density at radius 1 is 0.333 bits per heavy atom. The third-order valence-corrected chi connectivity index (χ3v) is 10.8. The molecule has 0 aliphatic rings. The van der Waals surface area contributed by atoms with Gasteiger partial charge in [-0.25, -0.2) is 0 Å². The summed E-state index contributed by atoms with van der Waals surface area (Å²) in [5.74, 6) is -0.925. The van der Waals surface area contributed by atoms with Crippen LogP contribution in [0.3, 0.4) is 0 Å². The van der Waals surface area contributed by atoms with Crippen LogP contribution in [0.1, 0.15) is 245 Å². The fourth-order valence-electron chi connectivity index (χ4n) is 6.90. The molecule has 0 saturated heterocycles. The predicted octanol–water partition coefficient (Wildman–Crippen LogP) is 16.5. The van der Waals surface area contributed by atoms with Gasteiger partial charge in [-0.05, 0) is 96.3 Å². The van der Waals surface area contributed by atoms with Crippen LogP contribution in [0.25, 0.3) is 0 Å². The first-order valence-corrected chi connectivity index (χ1v) is 25.3. The Bertz CT molecular complexity index is 1100. The van der Waals surface area contributed by atoms with Crippen LogP contribution in [0.4, 0.5) is 0 Å². The number of carbonyl (C=O) groups excluding carboxylic acids is 3. The molecule has 0 aliphatic carbocycles. The van der Waals surface area contributed by atoms with Crippen molar-refractivity contribution in [3.8, 4) is 0 Å². The second-order valence-corrected chi connectivity index (χ2v) is 16.8. The summed E-state index contributed by atoms with van der Waals surface area (Å²) < 4.78 is 16.7. The fraction of sp³-hybridized carbons (Fsp3) is 0.759. The summed E-state index contributed by atoms with van der Waals surface area (Å²) in [5, 5.41) is 0. The molecule has 0 radical (unpaired) electrons. The number of rotatable bonds is 45. The third kappa shape index (κ3) is 46.2. The van der Waals surface area contributed by atoms with E-state index in [9.17, 15) is 14.4 Å². The van der Waals surface area contributed by atoms with Gasteiger partial charge in [0, 0.05) is 19.3 Å². The highest BCUT2D eigenvalue weighted by Gasteiger charge is 2.19. The van der Waals surface area contributed by atoms with Gasteiger partial charge < -0.3 is 14.2 Å². The second kappa shape index (κ2) is 48.8. The van der Waals surface area contributed by atoms with Gasteiger partial charge in [-0.1, -0.05) is 191 Å². The minimum atomic E-state index is -0.788. The maximum absolute atomic E-state index is 12.7. The summed E-state index contributed by atoms with van der Waals surface area (Å²) in [6, 6.07) is 0. The second-order valence-electron chi connectivity index (χ2n) is 16.8. The van der Waals surface area contributed by atoms with Crippen molar-refractivity contribution in [3.05, 3.63) is 60.8 Å².